The minimum absolute atomic E-state index is 0.0270. The number of hydrogen-bond donors (Lipinski definition) is 8. The Morgan fingerprint density at radius 2 is 1.52 bits per heavy atom. The molecule has 3 rings (SSSR count). The molecule has 0 saturated heterocycles. The number of aromatic hydroxyl groups is 1. The Morgan fingerprint density at radius 1 is 0.875 bits per heavy atom. The summed E-state index contributed by atoms with van der Waals surface area (Å²) in [6.07, 6.45) is 1.80. The van der Waals surface area contributed by atoms with E-state index < -0.39 is 60.4 Å². The van der Waals surface area contributed by atoms with Crippen LogP contribution >= 0.6 is 0 Å². The van der Waals surface area contributed by atoms with E-state index in [1.807, 2.05) is 24.3 Å². The molecular weight excluding hydrogens is 518 g/mol. The second-order valence-electron chi connectivity index (χ2n) is 9.91. The highest BCUT2D eigenvalue weighted by Gasteiger charge is 2.31. The summed E-state index contributed by atoms with van der Waals surface area (Å²) in [6.45, 7) is 2.58. The normalized spacial score (nSPS) is 14.2. The molecule has 4 unspecified atom stereocenters. The van der Waals surface area contributed by atoms with Gasteiger partial charge in [-0.15, -0.1) is 0 Å². The number of amides is 3. The lowest BCUT2D eigenvalue weighted by Gasteiger charge is -2.26. The minimum Gasteiger partial charge on any atom is -0.508 e. The number of H-pyrrole nitrogens is 1. The molecule has 1 aromatic heterocycles. The van der Waals surface area contributed by atoms with E-state index in [1.165, 1.54) is 12.1 Å². The predicted octanol–water partition coefficient (Wildman–Crippen LogP) is 0.173. The number of fused-ring (bicyclic) bond motifs is 1. The first-order chi connectivity index (χ1) is 19.0. The van der Waals surface area contributed by atoms with Crippen molar-refractivity contribution in [2.75, 3.05) is 6.61 Å². The molecule has 40 heavy (non-hydrogen) atoms. The summed E-state index contributed by atoms with van der Waals surface area (Å²) in [5, 5.41) is 37.1. The molecule has 12 nitrogen and oxygen atoms in total. The number of aromatic amines is 1. The first kappa shape index (κ1) is 30.1. The highest BCUT2D eigenvalue weighted by molar-refractivity contribution is 5.94. The highest BCUT2D eigenvalue weighted by atomic mass is 16.4. The van der Waals surface area contributed by atoms with Crippen LogP contribution in [-0.2, 0) is 32.0 Å². The molecule has 0 aliphatic heterocycles. The molecule has 0 aliphatic carbocycles. The molecule has 0 spiro atoms. The number of aromatic nitrogens is 1. The van der Waals surface area contributed by atoms with Gasteiger partial charge in [-0.05, 0) is 41.7 Å². The molecular formula is C28H35N5O7. The van der Waals surface area contributed by atoms with Gasteiger partial charge in [0, 0.05) is 23.5 Å². The maximum atomic E-state index is 13.0. The highest BCUT2D eigenvalue weighted by Crippen LogP contribution is 2.19. The topological polar surface area (TPSA) is 207 Å². The molecule has 3 amide bonds. The lowest BCUT2D eigenvalue weighted by atomic mass is 10.0. The number of aliphatic carboxylic acids is 1. The SMILES string of the molecule is CC(C)C(NC(=O)C(N)Cc1ccc(O)cc1)C(=O)NC(CO)C(=O)NC(Cc1c[nH]c2ccccc12)C(=O)O. The van der Waals surface area contributed by atoms with E-state index >= 15 is 0 Å². The number of phenols is 1. The predicted molar refractivity (Wildman–Crippen MR) is 147 cm³/mol. The number of phenolic OH excluding ortho intramolecular Hbond substituents is 1. The quantitative estimate of drug-likeness (QED) is 0.146. The molecule has 12 heteroatoms. The van der Waals surface area contributed by atoms with Gasteiger partial charge in [0.2, 0.25) is 17.7 Å². The number of hydrogen-bond acceptors (Lipinski definition) is 7. The molecule has 0 radical (unpaired) electrons. The van der Waals surface area contributed by atoms with E-state index in [-0.39, 0.29) is 18.6 Å². The molecule has 9 N–H and O–H groups in total. The Kier molecular flexibility index (Phi) is 10.2. The first-order valence-corrected chi connectivity index (χ1v) is 12.8. The van der Waals surface area contributed by atoms with E-state index in [4.69, 9.17) is 5.73 Å². The van der Waals surface area contributed by atoms with Crippen molar-refractivity contribution in [1.29, 1.82) is 0 Å². The first-order valence-electron chi connectivity index (χ1n) is 12.8. The van der Waals surface area contributed by atoms with Crippen molar-refractivity contribution >= 4 is 34.6 Å². The molecule has 214 valence electrons. The van der Waals surface area contributed by atoms with Gasteiger partial charge in [-0.2, -0.15) is 0 Å². The van der Waals surface area contributed by atoms with Gasteiger partial charge in [0.05, 0.1) is 12.6 Å². The van der Waals surface area contributed by atoms with E-state index in [1.54, 1.807) is 32.2 Å². The minimum atomic E-state index is -1.46. The zero-order valence-corrected chi connectivity index (χ0v) is 22.3. The summed E-state index contributed by atoms with van der Waals surface area (Å²) in [5.74, 6) is -3.83. The fourth-order valence-electron chi connectivity index (χ4n) is 4.22. The number of aliphatic hydroxyl groups is 1. The van der Waals surface area contributed by atoms with Crippen LogP contribution in [0.3, 0.4) is 0 Å². The largest absolute Gasteiger partial charge is 0.508 e. The van der Waals surface area contributed by atoms with Gasteiger partial charge in [0.25, 0.3) is 0 Å². The summed E-state index contributed by atoms with van der Waals surface area (Å²) < 4.78 is 0. The van der Waals surface area contributed by atoms with Crippen LogP contribution < -0.4 is 21.7 Å². The lowest BCUT2D eigenvalue weighted by molar-refractivity contribution is -0.142. The molecule has 1 heterocycles. The van der Waals surface area contributed by atoms with Crippen LogP contribution in [0.25, 0.3) is 10.9 Å². The van der Waals surface area contributed by atoms with Crippen molar-refractivity contribution in [3.05, 3.63) is 65.9 Å². The van der Waals surface area contributed by atoms with Crippen molar-refractivity contribution in [2.45, 2.75) is 50.9 Å². The summed E-state index contributed by atoms with van der Waals surface area (Å²) in [6, 6.07) is 8.67. The van der Waals surface area contributed by atoms with Crippen LogP contribution in [0.15, 0.2) is 54.7 Å². The second-order valence-corrected chi connectivity index (χ2v) is 9.91. The van der Waals surface area contributed by atoms with Gasteiger partial charge in [0.1, 0.15) is 23.9 Å². The van der Waals surface area contributed by atoms with E-state index in [2.05, 4.69) is 20.9 Å². The Balaban J connectivity index is 1.63. The Labute approximate surface area is 231 Å². The number of nitrogens with two attached hydrogens (primary N) is 1. The summed E-state index contributed by atoms with van der Waals surface area (Å²) in [5.41, 5.74) is 8.23. The maximum absolute atomic E-state index is 13.0. The van der Waals surface area contributed by atoms with Crippen LogP contribution in [0.1, 0.15) is 25.0 Å². The third kappa shape index (κ3) is 7.80. The van der Waals surface area contributed by atoms with Crippen molar-refractivity contribution in [3.63, 3.8) is 0 Å². The molecule has 0 bridgehead atoms. The average molecular weight is 554 g/mol. The van der Waals surface area contributed by atoms with Crippen molar-refractivity contribution in [1.82, 2.24) is 20.9 Å². The van der Waals surface area contributed by atoms with Crippen molar-refractivity contribution in [2.24, 2.45) is 11.7 Å². The molecule has 2 aromatic carbocycles. The maximum Gasteiger partial charge on any atom is 0.326 e. The number of carboxylic acids is 1. The third-order valence-electron chi connectivity index (χ3n) is 6.50. The van der Waals surface area contributed by atoms with E-state index in [9.17, 15) is 34.5 Å². The zero-order chi connectivity index (χ0) is 29.4. The van der Waals surface area contributed by atoms with Crippen molar-refractivity contribution < 1.29 is 34.5 Å². The standard InChI is InChI=1S/C28H35N5O7/c1-15(2)24(33-25(36)20(29)11-16-7-9-18(35)10-8-16)27(38)32-23(14-34)26(37)31-22(28(39)40)12-17-13-30-21-6-4-3-5-19(17)21/h3-10,13,15,20,22-24,30,34-35H,11-12,14,29H2,1-2H3,(H,31,37)(H,32,38)(H,33,36)(H,39,40). The van der Waals surface area contributed by atoms with E-state index in [0.29, 0.717) is 11.1 Å². The van der Waals surface area contributed by atoms with Crippen LogP contribution in [0, 0.1) is 5.92 Å². The van der Waals surface area contributed by atoms with Gasteiger partial charge >= 0.3 is 5.97 Å². The smallest absolute Gasteiger partial charge is 0.326 e. The molecule has 0 aliphatic rings. The fraction of sp³-hybridized carbons (Fsp3) is 0.357. The zero-order valence-electron chi connectivity index (χ0n) is 22.3. The van der Waals surface area contributed by atoms with Crippen LogP contribution in [0.5, 0.6) is 5.75 Å². The van der Waals surface area contributed by atoms with Gasteiger partial charge in [0.15, 0.2) is 0 Å². The van der Waals surface area contributed by atoms with Crippen molar-refractivity contribution in [3.8, 4) is 5.75 Å². The van der Waals surface area contributed by atoms with Crippen LogP contribution in [0.4, 0.5) is 0 Å². The number of benzene rings is 2. The number of nitrogens with one attached hydrogen (secondary N) is 4. The van der Waals surface area contributed by atoms with Gasteiger partial charge in [-0.25, -0.2) is 4.79 Å². The van der Waals surface area contributed by atoms with Crippen LogP contribution in [-0.4, -0.2) is 74.8 Å². The third-order valence-corrected chi connectivity index (χ3v) is 6.50. The number of carbonyl (C=O) groups is 4. The fourth-order valence-corrected chi connectivity index (χ4v) is 4.22. The Hall–Kier alpha value is -4.42. The second kappa shape index (κ2) is 13.6. The molecule has 0 saturated carbocycles. The number of carboxylic acid groups (broad SMARTS) is 1. The Morgan fingerprint density at radius 3 is 2.15 bits per heavy atom. The summed E-state index contributed by atoms with van der Waals surface area (Å²) in [4.78, 5) is 53.6. The van der Waals surface area contributed by atoms with Gasteiger partial charge in [-0.1, -0.05) is 44.2 Å². The number of aliphatic hydroxyl groups excluding tert-OH is 1. The van der Waals surface area contributed by atoms with E-state index in [0.717, 1.165) is 10.9 Å². The molecule has 3 aromatic rings. The van der Waals surface area contributed by atoms with Gasteiger partial charge in [-0.3, -0.25) is 14.4 Å². The molecule has 0 fully saturated rings. The van der Waals surface area contributed by atoms with Crippen LogP contribution in [0.2, 0.25) is 0 Å². The summed E-state index contributed by atoms with van der Waals surface area (Å²) >= 11 is 0. The monoisotopic (exact) mass is 553 g/mol. The number of para-hydroxylation sites is 1. The summed E-state index contributed by atoms with van der Waals surface area (Å²) in [7, 11) is 0. The average Bonchev–Trinajstić information content (AvgIpc) is 3.33. The lowest BCUT2D eigenvalue weighted by Crippen LogP contribution is -2.59. The molecule has 4 atom stereocenters. The van der Waals surface area contributed by atoms with Gasteiger partial charge < -0.3 is 42.0 Å². The Bertz CT molecular complexity index is 1340. The number of rotatable bonds is 13. The number of carbonyl (C=O) groups excluding carboxylic acids is 3.